The second-order valence-electron chi connectivity index (χ2n) is 2.12. The Hall–Kier alpha value is -0.150. The van der Waals surface area contributed by atoms with E-state index in [-0.39, 0.29) is 0 Å². The van der Waals surface area contributed by atoms with Gasteiger partial charge in [0.05, 0.1) is 7.11 Å². The lowest BCUT2D eigenvalue weighted by atomic mass is 10.2. The molecule has 0 saturated carbocycles. The van der Waals surface area contributed by atoms with Gasteiger partial charge in [0.2, 0.25) is 0 Å². The van der Waals surface area contributed by atoms with Crippen LogP contribution in [0.3, 0.4) is 0 Å². The van der Waals surface area contributed by atoms with Gasteiger partial charge in [-0.15, -0.1) is 0 Å². The van der Waals surface area contributed by atoms with Crippen molar-refractivity contribution in [2.75, 3.05) is 7.11 Å². The summed E-state index contributed by atoms with van der Waals surface area (Å²) >= 11 is 7.60. The van der Waals surface area contributed by atoms with Gasteiger partial charge in [-0.3, -0.25) is 0 Å². The summed E-state index contributed by atoms with van der Waals surface area (Å²) < 4.78 is 6.13. The minimum absolute atomic E-state index is 0.720. The van der Waals surface area contributed by atoms with Crippen LogP contribution in [0.1, 0.15) is 5.56 Å². The van der Waals surface area contributed by atoms with E-state index in [0.29, 0.717) is 0 Å². The van der Waals surface area contributed by atoms with E-state index in [4.69, 9.17) is 4.74 Å². The highest BCUT2D eigenvalue weighted by Gasteiger charge is 1.98. The third kappa shape index (κ3) is 2.14. The van der Waals surface area contributed by atoms with Gasteiger partial charge in [-0.1, -0.05) is 15.9 Å². The number of hydrogen-bond acceptors (Lipinski definition) is 2. The van der Waals surface area contributed by atoms with Crippen LogP contribution in [0.5, 0.6) is 5.75 Å². The minimum atomic E-state index is 0.720. The van der Waals surface area contributed by atoms with Crippen molar-refractivity contribution in [3.8, 4) is 5.75 Å². The van der Waals surface area contributed by atoms with E-state index < -0.39 is 0 Å². The van der Waals surface area contributed by atoms with Crippen molar-refractivity contribution in [1.82, 2.24) is 0 Å². The van der Waals surface area contributed by atoms with Crippen molar-refractivity contribution in [3.05, 3.63) is 28.2 Å². The van der Waals surface area contributed by atoms with Gasteiger partial charge in [0, 0.05) is 10.2 Å². The molecule has 1 aromatic carbocycles. The zero-order valence-corrected chi connectivity index (χ0v) is 8.65. The maximum Gasteiger partial charge on any atom is 0.119 e. The molecule has 0 aromatic heterocycles. The molecule has 0 fully saturated rings. The Labute approximate surface area is 80.3 Å². The Bertz CT molecular complexity index is 250. The van der Waals surface area contributed by atoms with Crippen molar-refractivity contribution in [2.24, 2.45) is 0 Å². The van der Waals surface area contributed by atoms with Gasteiger partial charge in [0.15, 0.2) is 0 Å². The molecular weight excluding hydrogens is 224 g/mol. The van der Waals surface area contributed by atoms with Crippen LogP contribution in [-0.2, 0) is 5.75 Å². The average Bonchev–Trinajstić information content (AvgIpc) is 2.05. The maximum absolute atomic E-state index is 5.06. The Morgan fingerprint density at radius 2 is 2.27 bits per heavy atom. The predicted molar refractivity (Wildman–Crippen MR) is 53.4 cm³/mol. The van der Waals surface area contributed by atoms with Crippen LogP contribution in [0, 0.1) is 0 Å². The Morgan fingerprint density at radius 3 is 2.82 bits per heavy atom. The Morgan fingerprint density at radius 1 is 1.55 bits per heavy atom. The van der Waals surface area contributed by atoms with E-state index in [2.05, 4.69) is 28.6 Å². The van der Waals surface area contributed by atoms with Crippen molar-refractivity contribution < 1.29 is 4.74 Å². The first-order chi connectivity index (χ1) is 5.27. The molecule has 1 aromatic rings. The van der Waals surface area contributed by atoms with E-state index in [1.54, 1.807) is 7.11 Å². The molecule has 0 aliphatic carbocycles. The normalized spacial score (nSPS) is 9.73. The molecule has 0 radical (unpaired) electrons. The fourth-order valence-corrected chi connectivity index (χ4v) is 1.66. The lowest BCUT2D eigenvalue weighted by molar-refractivity contribution is 0.414. The number of methoxy groups -OCH3 is 1. The quantitative estimate of drug-likeness (QED) is 0.772. The molecule has 0 spiro atoms. The summed E-state index contributed by atoms with van der Waals surface area (Å²) in [5.74, 6) is 1.59. The van der Waals surface area contributed by atoms with Gasteiger partial charge in [-0.25, -0.2) is 0 Å². The van der Waals surface area contributed by atoms with Gasteiger partial charge < -0.3 is 4.74 Å². The molecule has 0 heterocycles. The molecular formula is C8H9BrOS. The monoisotopic (exact) mass is 232 g/mol. The van der Waals surface area contributed by atoms with Crippen molar-refractivity contribution >= 4 is 28.6 Å². The lowest BCUT2D eigenvalue weighted by Crippen LogP contribution is -1.85. The molecule has 0 bridgehead atoms. The predicted octanol–water partition coefficient (Wildman–Crippen LogP) is 2.89. The largest absolute Gasteiger partial charge is 0.497 e. The van der Waals surface area contributed by atoms with Gasteiger partial charge in [0.1, 0.15) is 5.75 Å². The van der Waals surface area contributed by atoms with Crippen LogP contribution in [0.25, 0.3) is 0 Å². The second-order valence-corrected chi connectivity index (χ2v) is 3.29. The molecule has 0 N–H and O–H groups in total. The SMILES string of the molecule is COc1ccc(Br)c(CS)c1. The van der Waals surface area contributed by atoms with Crippen LogP contribution >= 0.6 is 28.6 Å². The second kappa shape index (κ2) is 4.02. The Kier molecular flexibility index (Phi) is 3.27. The van der Waals surface area contributed by atoms with E-state index >= 15 is 0 Å². The number of ether oxygens (including phenoxy) is 1. The minimum Gasteiger partial charge on any atom is -0.497 e. The molecule has 11 heavy (non-hydrogen) atoms. The average molecular weight is 233 g/mol. The summed E-state index contributed by atoms with van der Waals surface area (Å²) in [4.78, 5) is 0. The number of rotatable bonds is 2. The molecule has 1 nitrogen and oxygen atoms in total. The first kappa shape index (κ1) is 8.94. The summed E-state index contributed by atoms with van der Waals surface area (Å²) in [6.07, 6.45) is 0. The summed E-state index contributed by atoms with van der Waals surface area (Å²) in [6, 6.07) is 5.85. The summed E-state index contributed by atoms with van der Waals surface area (Å²) in [7, 11) is 1.66. The van der Waals surface area contributed by atoms with Crippen molar-refractivity contribution in [3.63, 3.8) is 0 Å². The molecule has 0 aliphatic rings. The highest BCUT2D eigenvalue weighted by Crippen LogP contribution is 2.23. The number of benzene rings is 1. The van der Waals surface area contributed by atoms with E-state index in [0.717, 1.165) is 21.5 Å². The van der Waals surface area contributed by atoms with E-state index in [1.165, 1.54) is 0 Å². The molecule has 1 rings (SSSR count). The van der Waals surface area contributed by atoms with Crippen LogP contribution in [0.15, 0.2) is 22.7 Å². The van der Waals surface area contributed by atoms with Crippen LogP contribution < -0.4 is 4.74 Å². The van der Waals surface area contributed by atoms with Crippen molar-refractivity contribution in [2.45, 2.75) is 5.75 Å². The number of hydrogen-bond donors (Lipinski definition) is 1. The van der Waals surface area contributed by atoms with Crippen molar-refractivity contribution in [1.29, 1.82) is 0 Å². The molecule has 0 amide bonds. The van der Waals surface area contributed by atoms with E-state index in [1.807, 2.05) is 18.2 Å². The standard InChI is InChI=1S/C8H9BrOS/c1-10-7-2-3-8(9)6(4-7)5-11/h2-4,11H,5H2,1H3. The summed E-state index contributed by atoms with van der Waals surface area (Å²) in [5.41, 5.74) is 1.15. The van der Waals surface area contributed by atoms with Crippen LogP contribution in [0.4, 0.5) is 0 Å². The van der Waals surface area contributed by atoms with Gasteiger partial charge in [0.25, 0.3) is 0 Å². The first-order valence-electron chi connectivity index (χ1n) is 3.21. The van der Waals surface area contributed by atoms with Crippen LogP contribution in [0.2, 0.25) is 0 Å². The van der Waals surface area contributed by atoms with Gasteiger partial charge in [-0.2, -0.15) is 12.6 Å². The third-order valence-electron chi connectivity index (χ3n) is 1.42. The third-order valence-corrected chi connectivity index (χ3v) is 2.54. The maximum atomic E-state index is 5.06. The fraction of sp³-hybridized carbons (Fsp3) is 0.250. The number of thiol groups is 1. The highest BCUT2D eigenvalue weighted by atomic mass is 79.9. The molecule has 3 heteroatoms. The van der Waals surface area contributed by atoms with E-state index in [9.17, 15) is 0 Å². The zero-order valence-electron chi connectivity index (χ0n) is 6.17. The molecule has 0 saturated heterocycles. The molecule has 60 valence electrons. The summed E-state index contributed by atoms with van der Waals surface area (Å²) in [5, 5.41) is 0. The smallest absolute Gasteiger partial charge is 0.119 e. The topological polar surface area (TPSA) is 9.23 Å². The summed E-state index contributed by atoms with van der Waals surface area (Å²) in [6.45, 7) is 0. The first-order valence-corrected chi connectivity index (χ1v) is 4.63. The van der Waals surface area contributed by atoms with Gasteiger partial charge in [-0.05, 0) is 23.8 Å². The fourth-order valence-electron chi connectivity index (χ4n) is 0.799. The Balaban J connectivity index is 3.02. The highest BCUT2D eigenvalue weighted by molar-refractivity contribution is 9.10. The molecule has 0 aliphatic heterocycles. The molecule has 0 unspecified atom stereocenters. The number of halogens is 1. The van der Waals surface area contributed by atoms with Gasteiger partial charge >= 0.3 is 0 Å². The molecule has 0 atom stereocenters. The van der Waals surface area contributed by atoms with Crippen LogP contribution in [-0.4, -0.2) is 7.11 Å². The lowest BCUT2D eigenvalue weighted by Gasteiger charge is -2.03. The zero-order chi connectivity index (χ0) is 8.27.